The summed E-state index contributed by atoms with van der Waals surface area (Å²) in [5, 5.41) is 0.648. The zero-order chi connectivity index (χ0) is 13.0. The molecule has 2 rings (SSSR count). The fraction of sp³-hybridized carbons (Fsp3) is 0.214. The van der Waals surface area contributed by atoms with Crippen molar-refractivity contribution >= 4 is 11.6 Å². The van der Waals surface area contributed by atoms with Gasteiger partial charge >= 0.3 is 0 Å². The van der Waals surface area contributed by atoms with Crippen LogP contribution in [0.5, 0.6) is 5.75 Å². The molecular weight excluding hydrogens is 248 g/mol. The third-order valence-corrected chi connectivity index (χ3v) is 2.93. The molecule has 94 valence electrons. The van der Waals surface area contributed by atoms with Crippen molar-refractivity contribution < 1.29 is 4.74 Å². The highest BCUT2D eigenvalue weighted by atomic mass is 35.5. The van der Waals surface area contributed by atoms with Crippen LogP contribution in [0, 0.1) is 0 Å². The number of nitrogens with zero attached hydrogens (tertiary/aromatic N) is 1. The lowest BCUT2D eigenvalue weighted by Gasteiger charge is -2.21. The number of hydrogen-bond donors (Lipinski definition) is 1. The number of aromatic nitrogens is 1. The third-order valence-electron chi connectivity index (χ3n) is 2.69. The fourth-order valence-electron chi connectivity index (χ4n) is 1.67. The first-order valence-corrected chi connectivity index (χ1v) is 6.12. The number of pyridine rings is 1. The molecule has 18 heavy (non-hydrogen) atoms. The molecule has 2 atom stereocenters. The van der Waals surface area contributed by atoms with Crippen LogP contribution in [0.3, 0.4) is 0 Å². The number of ether oxygens (including phenoxy) is 1. The zero-order valence-corrected chi connectivity index (χ0v) is 10.8. The first-order chi connectivity index (χ1) is 8.66. The maximum atomic E-state index is 6.13. The van der Waals surface area contributed by atoms with Crippen LogP contribution in [-0.4, -0.2) is 11.1 Å². The van der Waals surface area contributed by atoms with E-state index in [9.17, 15) is 0 Å². The predicted molar refractivity (Wildman–Crippen MR) is 72.7 cm³/mol. The molecular formula is C14H15ClN2O. The molecule has 0 fully saturated rings. The molecule has 0 aliphatic rings. The van der Waals surface area contributed by atoms with Crippen LogP contribution in [0.25, 0.3) is 0 Å². The smallest absolute Gasteiger partial charge is 0.121 e. The summed E-state index contributed by atoms with van der Waals surface area (Å²) in [6, 6.07) is 10.9. The summed E-state index contributed by atoms with van der Waals surface area (Å²) >= 11 is 5.90. The summed E-state index contributed by atoms with van der Waals surface area (Å²) in [7, 11) is 0. The Morgan fingerprint density at radius 2 is 2.11 bits per heavy atom. The van der Waals surface area contributed by atoms with Gasteiger partial charge in [-0.2, -0.15) is 0 Å². The SMILES string of the molecule is CC(Oc1cccc(Cl)c1)C(N)c1cccnc1. The molecule has 0 aliphatic heterocycles. The van der Waals surface area contributed by atoms with E-state index < -0.39 is 0 Å². The summed E-state index contributed by atoms with van der Waals surface area (Å²) < 4.78 is 5.77. The van der Waals surface area contributed by atoms with Gasteiger partial charge in [0, 0.05) is 17.4 Å². The molecule has 0 spiro atoms. The summed E-state index contributed by atoms with van der Waals surface area (Å²) in [5.74, 6) is 0.717. The van der Waals surface area contributed by atoms with E-state index in [0.29, 0.717) is 10.8 Å². The van der Waals surface area contributed by atoms with Gasteiger partial charge < -0.3 is 10.5 Å². The van der Waals surface area contributed by atoms with Crippen LogP contribution in [0.4, 0.5) is 0 Å². The number of nitrogens with two attached hydrogens (primary N) is 1. The van der Waals surface area contributed by atoms with Crippen LogP contribution in [0.1, 0.15) is 18.5 Å². The highest BCUT2D eigenvalue weighted by Crippen LogP contribution is 2.22. The lowest BCUT2D eigenvalue weighted by Crippen LogP contribution is -2.28. The molecule has 2 unspecified atom stereocenters. The Labute approximate surface area is 112 Å². The van der Waals surface area contributed by atoms with Crippen LogP contribution < -0.4 is 10.5 Å². The van der Waals surface area contributed by atoms with E-state index in [2.05, 4.69) is 4.98 Å². The average Bonchev–Trinajstić information content (AvgIpc) is 2.39. The number of rotatable bonds is 4. The minimum absolute atomic E-state index is 0.160. The van der Waals surface area contributed by atoms with E-state index in [0.717, 1.165) is 5.56 Å². The van der Waals surface area contributed by atoms with Crippen molar-refractivity contribution in [1.29, 1.82) is 0 Å². The van der Waals surface area contributed by atoms with Crippen molar-refractivity contribution in [2.75, 3.05) is 0 Å². The fourth-order valence-corrected chi connectivity index (χ4v) is 1.85. The molecule has 1 heterocycles. The largest absolute Gasteiger partial charge is 0.489 e. The van der Waals surface area contributed by atoms with Gasteiger partial charge in [-0.25, -0.2) is 0 Å². The van der Waals surface area contributed by atoms with Crippen molar-refractivity contribution in [3.8, 4) is 5.75 Å². The quantitative estimate of drug-likeness (QED) is 0.920. The zero-order valence-electron chi connectivity index (χ0n) is 10.1. The first-order valence-electron chi connectivity index (χ1n) is 5.74. The number of halogens is 1. The van der Waals surface area contributed by atoms with Gasteiger partial charge in [-0.1, -0.05) is 23.7 Å². The monoisotopic (exact) mass is 262 g/mol. The van der Waals surface area contributed by atoms with Crippen LogP contribution in [-0.2, 0) is 0 Å². The van der Waals surface area contributed by atoms with Gasteiger partial charge in [0.1, 0.15) is 11.9 Å². The number of benzene rings is 1. The Balaban J connectivity index is 2.06. The van der Waals surface area contributed by atoms with Gasteiger partial charge in [0.2, 0.25) is 0 Å². The molecule has 0 saturated carbocycles. The van der Waals surface area contributed by atoms with Crippen LogP contribution >= 0.6 is 11.6 Å². The van der Waals surface area contributed by atoms with E-state index in [1.807, 2.05) is 31.2 Å². The standard InChI is InChI=1S/C14H15ClN2O/c1-10(14(16)11-4-3-7-17-9-11)18-13-6-2-5-12(15)8-13/h2-10,14H,16H2,1H3. The van der Waals surface area contributed by atoms with Crippen molar-refractivity contribution in [3.63, 3.8) is 0 Å². The van der Waals surface area contributed by atoms with E-state index in [-0.39, 0.29) is 12.1 Å². The van der Waals surface area contributed by atoms with Crippen LogP contribution in [0.2, 0.25) is 5.02 Å². The van der Waals surface area contributed by atoms with Gasteiger partial charge in [0.05, 0.1) is 6.04 Å². The summed E-state index contributed by atoms with van der Waals surface area (Å²) in [4.78, 5) is 4.05. The van der Waals surface area contributed by atoms with Gasteiger partial charge in [0.15, 0.2) is 0 Å². The number of hydrogen-bond acceptors (Lipinski definition) is 3. The Bertz CT molecular complexity index is 504. The Hall–Kier alpha value is -1.58. The average molecular weight is 263 g/mol. The lowest BCUT2D eigenvalue weighted by molar-refractivity contribution is 0.190. The Morgan fingerprint density at radius 1 is 1.28 bits per heavy atom. The minimum Gasteiger partial charge on any atom is -0.489 e. The molecule has 2 N–H and O–H groups in total. The topological polar surface area (TPSA) is 48.1 Å². The molecule has 1 aromatic heterocycles. The second-order valence-electron chi connectivity index (χ2n) is 4.09. The molecule has 2 aromatic rings. The minimum atomic E-state index is -0.224. The third kappa shape index (κ3) is 3.22. The molecule has 0 radical (unpaired) electrons. The van der Waals surface area contributed by atoms with Crippen molar-refractivity contribution in [3.05, 3.63) is 59.4 Å². The van der Waals surface area contributed by atoms with Gasteiger partial charge in [0.25, 0.3) is 0 Å². The van der Waals surface area contributed by atoms with E-state index in [4.69, 9.17) is 22.1 Å². The van der Waals surface area contributed by atoms with Crippen LogP contribution in [0.15, 0.2) is 48.8 Å². The lowest BCUT2D eigenvalue weighted by atomic mass is 10.1. The summed E-state index contributed by atoms with van der Waals surface area (Å²) in [6.45, 7) is 1.93. The second kappa shape index (κ2) is 5.85. The van der Waals surface area contributed by atoms with E-state index in [1.54, 1.807) is 24.5 Å². The van der Waals surface area contributed by atoms with Crippen molar-refractivity contribution in [1.82, 2.24) is 4.98 Å². The normalized spacial score (nSPS) is 13.9. The maximum Gasteiger partial charge on any atom is 0.121 e. The Morgan fingerprint density at radius 3 is 2.78 bits per heavy atom. The summed E-state index contributed by atoms with van der Waals surface area (Å²) in [5.41, 5.74) is 7.08. The van der Waals surface area contributed by atoms with E-state index in [1.165, 1.54) is 0 Å². The Kier molecular flexibility index (Phi) is 4.18. The molecule has 1 aromatic carbocycles. The molecule has 0 saturated heterocycles. The molecule has 0 aliphatic carbocycles. The first kappa shape index (κ1) is 12.9. The van der Waals surface area contributed by atoms with Crippen molar-refractivity contribution in [2.45, 2.75) is 19.1 Å². The second-order valence-corrected chi connectivity index (χ2v) is 4.53. The van der Waals surface area contributed by atoms with Gasteiger partial charge in [-0.3, -0.25) is 4.98 Å². The van der Waals surface area contributed by atoms with Gasteiger partial charge in [-0.15, -0.1) is 0 Å². The highest BCUT2D eigenvalue weighted by molar-refractivity contribution is 6.30. The summed E-state index contributed by atoms with van der Waals surface area (Å²) in [6.07, 6.45) is 3.31. The molecule has 4 heteroatoms. The maximum absolute atomic E-state index is 6.13. The van der Waals surface area contributed by atoms with E-state index >= 15 is 0 Å². The molecule has 0 amide bonds. The highest BCUT2D eigenvalue weighted by Gasteiger charge is 2.16. The van der Waals surface area contributed by atoms with Crippen molar-refractivity contribution in [2.24, 2.45) is 5.73 Å². The molecule has 3 nitrogen and oxygen atoms in total. The predicted octanol–water partition coefficient (Wildman–Crippen LogP) is 3.20. The molecule has 0 bridgehead atoms. The van der Waals surface area contributed by atoms with Gasteiger partial charge in [-0.05, 0) is 36.8 Å².